The van der Waals surface area contributed by atoms with Crippen LogP contribution in [0, 0.1) is 0 Å². The van der Waals surface area contributed by atoms with Crippen LogP contribution in [0.5, 0.6) is 11.5 Å². The third-order valence-corrected chi connectivity index (χ3v) is 6.04. The molecule has 0 amide bonds. The minimum Gasteiger partial charge on any atom is -0.497 e. The molecular formula is C28H31NO4. The molecule has 2 bridgehead atoms. The lowest BCUT2D eigenvalue weighted by molar-refractivity contribution is 0.0696. The first-order valence-electron chi connectivity index (χ1n) is 11.5. The first-order valence-corrected chi connectivity index (χ1v) is 11.5. The number of nitrogens with zero attached hydrogens (tertiary/aromatic N) is 1. The van der Waals surface area contributed by atoms with Crippen LogP contribution in [0.2, 0.25) is 0 Å². The van der Waals surface area contributed by atoms with Crippen molar-refractivity contribution in [3.8, 4) is 11.5 Å². The van der Waals surface area contributed by atoms with Gasteiger partial charge in [0.2, 0.25) is 0 Å². The fourth-order valence-electron chi connectivity index (χ4n) is 4.31. The summed E-state index contributed by atoms with van der Waals surface area (Å²) in [6.07, 6.45) is 3.80. The molecule has 5 heteroatoms. The van der Waals surface area contributed by atoms with Gasteiger partial charge in [0.15, 0.2) is 0 Å². The van der Waals surface area contributed by atoms with Crippen molar-refractivity contribution in [1.29, 1.82) is 0 Å². The Balaban J connectivity index is 1.57. The molecule has 3 aromatic carbocycles. The SMILES string of the molecule is COc1ccc(CN2CCCCCOc3ccc(C(=O)O)cc3Cc3cccc(c3)C2)cc1. The van der Waals surface area contributed by atoms with E-state index in [-0.39, 0.29) is 0 Å². The minimum atomic E-state index is -0.917. The van der Waals surface area contributed by atoms with E-state index < -0.39 is 5.97 Å². The lowest BCUT2D eigenvalue weighted by atomic mass is 9.99. The standard InChI is InChI=1S/C28H31NO4/c1-32-26-11-8-21(9-12-26)19-29-14-3-2-4-15-33-27-13-10-24(28(30)31)18-25(27)17-22-6-5-7-23(16-22)20-29/h5-13,16,18H,2-4,14-15,17,19-20H2,1H3,(H,30,31). The van der Waals surface area contributed by atoms with Crippen LogP contribution in [0.3, 0.4) is 0 Å². The quantitative estimate of drug-likeness (QED) is 0.571. The summed E-state index contributed by atoms with van der Waals surface area (Å²) in [7, 11) is 1.69. The summed E-state index contributed by atoms with van der Waals surface area (Å²) in [5.74, 6) is 0.738. The summed E-state index contributed by atoms with van der Waals surface area (Å²) in [5, 5.41) is 9.43. The average Bonchev–Trinajstić information content (AvgIpc) is 2.82. The van der Waals surface area contributed by atoms with Crippen LogP contribution >= 0.6 is 0 Å². The zero-order valence-electron chi connectivity index (χ0n) is 19.1. The van der Waals surface area contributed by atoms with E-state index in [4.69, 9.17) is 9.47 Å². The number of rotatable bonds is 4. The van der Waals surface area contributed by atoms with Gasteiger partial charge in [0.1, 0.15) is 11.5 Å². The maximum absolute atomic E-state index is 11.5. The van der Waals surface area contributed by atoms with Gasteiger partial charge in [-0.05, 0) is 78.4 Å². The van der Waals surface area contributed by atoms with Crippen LogP contribution < -0.4 is 9.47 Å². The third-order valence-electron chi connectivity index (χ3n) is 6.04. The molecule has 0 aromatic heterocycles. The van der Waals surface area contributed by atoms with Gasteiger partial charge in [-0.2, -0.15) is 0 Å². The van der Waals surface area contributed by atoms with Crippen LogP contribution in [-0.4, -0.2) is 36.2 Å². The fourth-order valence-corrected chi connectivity index (χ4v) is 4.31. The molecule has 4 rings (SSSR count). The number of hydrogen-bond donors (Lipinski definition) is 1. The predicted octanol–water partition coefficient (Wildman–Crippen LogP) is 5.55. The van der Waals surface area contributed by atoms with Crippen molar-refractivity contribution in [2.45, 2.75) is 38.8 Å². The smallest absolute Gasteiger partial charge is 0.335 e. The Labute approximate surface area is 195 Å². The molecular weight excluding hydrogens is 414 g/mol. The number of ether oxygens (including phenoxy) is 2. The molecule has 1 aliphatic rings. The Morgan fingerprint density at radius 2 is 1.82 bits per heavy atom. The zero-order valence-corrected chi connectivity index (χ0v) is 19.1. The summed E-state index contributed by atoms with van der Waals surface area (Å²) in [6, 6.07) is 22.0. The van der Waals surface area contributed by atoms with E-state index in [0.29, 0.717) is 18.6 Å². The number of benzene rings is 3. The largest absolute Gasteiger partial charge is 0.497 e. The lowest BCUT2D eigenvalue weighted by Crippen LogP contribution is -2.24. The van der Waals surface area contributed by atoms with Crippen molar-refractivity contribution in [1.82, 2.24) is 4.90 Å². The first-order chi connectivity index (χ1) is 16.1. The molecule has 0 spiro atoms. The molecule has 1 N–H and O–H groups in total. The molecule has 0 aliphatic carbocycles. The van der Waals surface area contributed by atoms with Crippen LogP contribution in [0.1, 0.15) is 51.9 Å². The second-order valence-corrected chi connectivity index (χ2v) is 8.59. The number of aromatic carboxylic acids is 1. The van der Waals surface area contributed by atoms with Gasteiger partial charge in [-0.15, -0.1) is 0 Å². The highest BCUT2D eigenvalue weighted by molar-refractivity contribution is 5.88. The van der Waals surface area contributed by atoms with Gasteiger partial charge in [0.25, 0.3) is 0 Å². The van der Waals surface area contributed by atoms with Crippen molar-refractivity contribution in [3.05, 3.63) is 94.5 Å². The number of carboxylic acid groups (broad SMARTS) is 1. The van der Waals surface area contributed by atoms with Gasteiger partial charge in [-0.25, -0.2) is 4.79 Å². The van der Waals surface area contributed by atoms with E-state index in [2.05, 4.69) is 41.3 Å². The number of carboxylic acids is 1. The molecule has 1 heterocycles. The zero-order chi connectivity index (χ0) is 23.0. The maximum atomic E-state index is 11.5. The van der Waals surface area contributed by atoms with Gasteiger partial charge < -0.3 is 14.6 Å². The van der Waals surface area contributed by atoms with Crippen LogP contribution in [0.4, 0.5) is 0 Å². The molecule has 5 nitrogen and oxygen atoms in total. The van der Waals surface area contributed by atoms with Gasteiger partial charge in [-0.3, -0.25) is 4.90 Å². The number of hydrogen-bond acceptors (Lipinski definition) is 4. The van der Waals surface area contributed by atoms with Crippen LogP contribution in [0.15, 0.2) is 66.7 Å². The predicted molar refractivity (Wildman–Crippen MR) is 129 cm³/mol. The number of carbonyl (C=O) groups is 1. The summed E-state index contributed by atoms with van der Waals surface area (Å²) < 4.78 is 11.4. The van der Waals surface area contributed by atoms with Crippen molar-refractivity contribution in [3.63, 3.8) is 0 Å². The monoisotopic (exact) mass is 445 g/mol. The Morgan fingerprint density at radius 3 is 2.61 bits per heavy atom. The van der Waals surface area contributed by atoms with E-state index >= 15 is 0 Å². The Kier molecular flexibility index (Phi) is 7.63. The second-order valence-electron chi connectivity index (χ2n) is 8.59. The fraction of sp³-hybridized carbons (Fsp3) is 0.321. The molecule has 0 fully saturated rings. The molecule has 0 atom stereocenters. The minimum absolute atomic E-state index is 0.292. The second kappa shape index (κ2) is 11.0. The van der Waals surface area contributed by atoms with Crippen LogP contribution in [0.25, 0.3) is 0 Å². The lowest BCUT2D eigenvalue weighted by Gasteiger charge is -2.23. The van der Waals surface area contributed by atoms with Crippen molar-refractivity contribution < 1.29 is 19.4 Å². The highest BCUT2D eigenvalue weighted by Gasteiger charge is 2.13. The summed E-state index contributed by atoms with van der Waals surface area (Å²) >= 11 is 0. The van der Waals surface area contributed by atoms with Crippen molar-refractivity contribution in [2.24, 2.45) is 0 Å². The van der Waals surface area contributed by atoms with Gasteiger partial charge in [0, 0.05) is 19.5 Å². The Hall–Kier alpha value is -3.31. The Bertz CT molecular complexity index is 1080. The van der Waals surface area contributed by atoms with Gasteiger partial charge >= 0.3 is 5.97 Å². The van der Waals surface area contributed by atoms with Crippen LogP contribution in [-0.2, 0) is 19.5 Å². The average molecular weight is 446 g/mol. The molecule has 0 radical (unpaired) electrons. The molecule has 0 unspecified atom stereocenters. The molecule has 172 valence electrons. The molecule has 0 saturated carbocycles. The molecule has 3 aromatic rings. The highest BCUT2D eigenvalue weighted by Crippen LogP contribution is 2.25. The molecule has 33 heavy (non-hydrogen) atoms. The topological polar surface area (TPSA) is 59.0 Å². The van der Waals surface area contributed by atoms with E-state index in [1.54, 1.807) is 25.3 Å². The molecule has 1 aliphatic heterocycles. The van der Waals surface area contributed by atoms with Crippen molar-refractivity contribution in [2.75, 3.05) is 20.3 Å². The normalized spacial score (nSPS) is 15.1. The van der Waals surface area contributed by atoms with E-state index in [1.165, 1.54) is 11.1 Å². The highest BCUT2D eigenvalue weighted by atomic mass is 16.5. The Morgan fingerprint density at radius 1 is 1.00 bits per heavy atom. The van der Waals surface area contributed by atoms with E-state index in [0.717, 1.165) is 61.5 Å². The summed E-state index contributed by atoms with van der Waals surface area (Å²) in [5.41, 5.74) is 4.89. The number of methoxy groups -OCH3 is 1. The third kappa shape index (κ3) is 6.36. The van der Waals surface area contributed by atoms with Gasteiger partial charge in [0.05, 0.1) is 19.3 Å². The van der Waals surface area contributed by atoms with E-state index in [1.807, 2.05) is 12.1 Å². The maximum Gasteiger partial charge on any atom is 0.335 e. The molecule has 0 saturated heterocycles. The van der Waals surface area contributed by atoms with Gasteiger partial charge in [-0.1, -0.05) is 36.4 Å². The van der Waals surface area contributed by atoms with Crippen molar-refractivity contribution >= 4 is 5.97 Å². The van der Waals surface area contributed by atoms with E-state index in [9.17, 15) is 9.90 Å². The number of fused-ring (bicyclic) bond motifs is 3. The summed E-state index contributed by atoms with van der Waals surface area (Å²) in [4.78, 5) is 14.0. The summed E-state index contributed by atoms with van der Waals surface area (Å²) in [6.45, 7) is 3.42. The first kappa shape index (κ1) is 22.9.